The first-order valence-corrected chi connectivity index (χ1v) is 9.37. The molecular weight excluding hydrogens is 387 g/mol. The fraction of sp³-hybridized carbons (Fsp3) is 0.474. The van der Waals surface area contributed by atoms with Crippen molar-refractivity contribution >= 4 is 11.6 Å². The Kier molecular flexibility index (Phi) is 4.59. The third-order valence-corrected chi connectivity index (χ3v) is 5.04. The molecule has 0 radical (unpaired) electrons. The molecule has 0 aromatic carbocycles. The molecule has 0 saturated carbocycles. The van der Waals surface area contributed by atoms with Crippen LogP contribution < -0.4 is 0 Å². The van der Waals surface area contributed by atoms with E-state index in [0.717, 1.165) is 10.6 Å². The minimum Gasteiger partial charge on any atom is -0.351 e. The zero-order valence-corrected chi connectivity index (χ0v) is 16.2. The molecule has 1 amide bonds. The van der Waals surface area contributed by atoms with Crippen LogP contribution in [0.15, 0.2) is 22.7 Å². The Bertz CT molecular complexity index is 1070. The Morgan fingerprint density at radius 1 is 1.28 bits per heavy atom. The minimum absolute atomic E-state index is 0.106. The van der Waals surface area contributed by atoms with Gasteiger partial charge in [-0.2, -0.15) is 18.3 Å². The lowest BCUT2D eigenvalue weighted by Crippen LogP contribution is -2.30. The summed E-state index contributed by atoms with van der Waals surface area (Å²) in [5.41, 5.74) is 0.545. The Morgan fingerprint density at radius 3 is 2.66 bits per heavy atom. The second kappa shape index (κ2) is 6.85. The molecule has 1 fully saturated rings. The summed E-state index contributed by atoms with van der Waals surface area (Å²) in [4.78, 5) is 18.7. The van der Waals surface area contributed by atoms with Gasteiger partial charge in [0.1, 0.15) is 5.69 Å². The van der Waals surface area contributed by atoms with Crippen LogP contribution in [-0.4, -0.2) is 37.1 Å². The zero-order chi connectivity index (χ0) is 20.9. The van der Waals surface area contributed by atoms with Crippen molar-refractivity contribution in [2.45, 2.75) is 51.7 Å². The van der Waals surface area contributed by atoms with E-state index in [1.165, 1.54) is 6.07 Å². The molecule has 0 spiro atoms. The summed E-state index contributed by atoms with van der Waals surface area (Å²) in [6.07, 6.45) is -3.26. The fourth-order valence-corrected chi connectivity index (χ4v) is 3.60. The number of hydrogen-bond donors (Lipinski definition) is 0. The molecule has 29 heavy (non-hydrogen) atoms. The highest BCUT2D eigenvalue weighted by atomic mass is 19.4. The highest BCUT2D eigenvalue weighted by Gasteiger charge is 2.38. The molecule has 154 valence electrons. The monoisotopic (exact) mass is 407 g/mol. The van der Waals surface area contributed by atoms with E-state index in [9.17, 15) is 18.0 Å². The maximum Gasteiger partial charge on any atom is 0.433 e. The van der Waals surface area contributed by atoms with Gasteiger partial charge in [0.2, 0.25) is 5.76 Å². The molecule has 4 rings (SSSR count). The van der Waals surface area contributed by atoms with Crippen LogP contribution in [0.1, 0.15) is 72.0 Å². The van der Waals surface area contributed by atoms with Gasteiger partial charge in [0, 0.05) is 24.4 Å². The maximum absolute atomic E-state index is 13.6. The van der Waals surface area contributed by atoms with E-state index in [-0.39, 0.29) is 23.2 Å². The quantitative estimate of drug-likeness (QED) is 0.652. The number of halogens is 3. The second-order valence-corrected chi connectivity index (χ2v) is 7.55. The molecule has 1 saturated heterocycles. The van der Waals surface area contributed by atoms with Crippen molar-refractivity contribution in [3.8, 4) is 0 Å². The molecule has 3 aromatic rings. The molecule has 3 aromatic heterocycles. The number of alkyl halides is 3. The van der Waals surface area contributed by atoms with Crippen LogP contribution in [0.25, 0.3) is 5.65 Å². The standard InChI is InChI=1S/C19H20F3N5O2/c1-10(2)12-8-16(19(20,21)22)27-17(23-12)9-13(24-27)14-5-4-6-26(14)18(28)15-7-11(3)25-29-15/h7-10,14H,4-6H2,1-3H3/t14-/m1/s1. The molecule has 0 unspecified atom stereocenters. The van der Waals surface area contributed by atoms with E-state index in [1.54, 1.807) is 31.7 Å². The van der Waals surface area contributed by atoms with Crippen molar-refractivity contribution in [1.29, 1.82) is 0 Å². The predicted octanol–water partition coefficient (Wildman–Crippen LogP) is 4.15. The molecule has 4 heterocycles. The number of fused-ring (bicyclic) bond motifs is 1. The SMILES string of the molecule is Cc1cc(C(=O)N2CCC[C@@H]2c2cc3nc(C(C)C)cc(C(F)(F)F)n3n2)on1. The third-order valence-electron chi connectivity index (χ3n) is 5.04. The molecule has 0 bridgehead atoms. The van der Waals surface area contributed by atoms with Gasteiger partial charge < -0.3 is 9.42 Å². The minimum atomic E-state index is -4.57. The van der Waals surface area contributed by atoms with Crippen LogP contribution >= 0.6 is 0 Å². The van der Waals surface area contributed by atoms with Crippen molar-refractivity contribution in [2.75, 3.05) is 6.54 Å². The van der Waals surface area contributed by atoms with Crippen molar-refractivity contribution in [3.05, 3.63) is 46.7 Å². The van der Waals surface area contributed by atoms with Crippen LogP contribution in [-0.2, 0) is 6.18 Å². The predicted molar refractivity (Wildman–Crippen MR) is 96.3 cm³/mol. The van der Waals surface area contributed by atoms with Crippen LogP contribution in [0.4, 0.5) is 13.2 Å². The van der Waals surface area contributed by atoms with E-state index >= 15 is 0 Å². The average molecular weight is 407 g/mol. The molecule has 0 aliphatic carbocycles. The molecular formula is C19H20F3N5O2. The van der Waals surface area contributed by atoms with Gasteiger partial charge >= 0.3 is 6.18 Å². The largest absolute Gasteiger partial charge is 0.433 e. The molecule has 1 aliphatic rings. The van der Waals surface area contributed by atoms with Gasteiger partial charge in [-0.3, -0.25) is 4.79 Å². The molecule has 7 nitrogen and oxygen atoms in total. The first kappa shape index (κ1) is 19.4. The molecule has 1 aliphatic heterocycles. The average Bonchev–Trinajstić information content (AvgIpc) is 3.37. The van der Waals surface area contributed by atoms with Gasteiger partial charge in [-0.25, -0.2) is 9.50 Å². The Morgan fingerprint density at radius 2 is 2.03 bits per heavy atom. The van der Waals surface area contributed by atoms with E-state index in [4.69, 9.17) is 4.52 Å². The van der Waals surface area contributed by atoms with E-state index in [0.29, 0.717) is 36.5 Å². The molecule has 1 atom stereocenters. The summed E-state index contributed by atoms with van der Waals surface area (Å²) < 4.78 is 46.7. The summed E-state index contributed by atoms with van der Waals surface area (Å²) in [6.45, 7) is 5.74. The van der Waals surface area contributed by atoms with Crippen molar-refractivity contribution in [2.24, 2.45) is 0 Å². The summed E-state index contributed by atoms with van der Waals surface area (Å²) in [5.74, 6) is -0.412. The summed E-state index contributed by atoms with van der Waals surface area (Å²) >= 11 is 0. The highest BCUT2D eigenvalue weighted by Crippen LogP contribution is 2.35. The van der Waals surface area contributed by atoms with Crippen molar-refractivity contribution < 1.29 is 22.5 Å². The van der Waals surface area contributed by atoms with Crippen LogP contribution in [0.5, 0.6) is 0 Å². The normalized spacial score (nSPS) is 17.6. The highest BCUT2D eigenvalue weighted by molar-refractivity contribution is 5.92. The lowest BCUT2D eigenvalue weighted by Gasteiger charge is -2.21. The van der Waals surface area contributed by atoms with Crippen LogP contribution in [0.3, 0.4) is 0 Å². The van der Waals surface area contributed by atoms with Crippen molar-refractivity contribution in [1.82, 2.24) is 24.7 Å². The van der Waals surface area contributed by atoms with Gasteiger partial charge in [-0.05, 0) is 31.7 Å². The number of aryl methyl sites for hydroxylation is 1. The molecule has 0 N–H and O–H groups in total. The topological polar surface area (TPSA) is 76.5 Å². The first-order valence-electron chi connectivity index (χ1n) is 9.37. The first-order chi connectivity index (χ1) is 13.6. The number of hydrogen-bond acceptors (Lipinski definition) is 5. The smallest absolute Gasteiger partial charge is 0.351 e. The maximum atomic E-state index is 13.6. The lowest BCUT2D eigenvalue weighted by molar-refractivity contribution is -0.142. The fourth-order valence-electron chi connectivity index (χ4n) is 3.60. The van der Waals surface area contributed by atoms with Crippen LogP contribution in [0, 0.1) is 6.92 Å². The molecule has 10 heteroatoms. The lowest BCUT2D eigenvalue weighted by atomic mass is 10.1. The van der Waals surface area contributed by atoms with E-state index in [1.807, 2.05) is 0 Å². The van der Waals surface area contributed by atoms with Gasteiger partial charge in [-0.1, -0.05) is 19.0 Å². The number of nitrogens with zero attached hydrogens (tertiary/aromatic N) is 5. The van der Waals surface area contributed by atoms with Gasteiger partial charge in [0.25, 0.3) is 5.91 Å². The van der Waals surface area contributed by atoms with E-state index in [2.05, 4.69) is 15.2 Å². The Hall–Kier alpha value is -2.91. The van der Waals surface area contributed by atoms with Gasteiger partial charge in [0.15, 0.2) is 5.65 Å². The third kappa shape index (κ3) is 3.47. The van der Waals surface area contributed by atoms with Gasteiger partial charge in [0.05, 0.1) is 17.4 Å². The van der Waals surface area contributed by atoms with Crippen molar-refractivity contribution in [3.63, 3.8) is 0 Å². The number of carbonyl (C=O) groups is 1. The summed E-state index contributed by atoms with van der Waals surface area (Å²) in [5, 5.41) is 7.92. The summed E-state index contributed by atoms with van der Waals surface area (Å²) in [6, 6.07) is 3.66. The van der Waals surface area contributed by atoms with Gasteiger partial charge in [-0.15, -0.1) is 0 Å². The number of carbonyl (C=O) groups excluding carboxylic acids is 1. The Balaban J connectivity index is 1.76. The van der Waals surface area contributed by atoms with Crippen LogP contribution in [0.2, 0.25) is 0 Å². The van der Waals surface area contributed by atoms with E-state index < -0.39 is 17.9 Å². The zero-order valence-electron chi connectivity index (χ0n) is 16.2. The number of aromatic nitrogens is 4. The number of amides is 1. The Labute approximate surface area is 164 Å². The number of likely N-dealkylation sites (tertiary alicyclic amines) is 1. The second-order valence-electron chi connectivity index (χ2n) is 7.55. The number of rotatable bonds is 3. The summed E-state index contributed by atoms with van der Waals surface area (Å²) in [7, 11) is 0.